The van der Waals surface area contributed by atoms with Crippen LogP contribution in [0, 0.1) is 11.8 Å². The molecule has 2 unspecified atom stereocenters. The Kier molecular flexibility index (Phi) is 4.02. The van der Waals surface area contributed by atoms with Gasteiger partial charge in [-0.25, -0.2) is 0 Å². The van der Waals surface area contributed by atoms with Crippen LogP contribution >= 0.6 is 0 Å². The van der Waals surface area contributed by atoms with Crippen molar-refractivity contribution in [3.05, 3.63) is 76.2 Å². The number of rotatable bonds is 2. The van der Waals surface area contributed by atoms with Crippen molar-refractivity contribution in [3.63, 3.8) is 0 Å². The summed E-state index contributed by atoms with van der Waals surface area (Å²) in [7, 11) is 4.10. The molecule has 0 bridgehead atoms. The lowest BCUT2D eigenvalue weighted by Crippen LogP contribution is -2.34. The zero-order chi connectivity index (χ0) is 21.4. The second-order valence-corrected chi connectivity index (χ2v) is 9.55. The van der Waals surface area contributed by atoms with Gasteiger partial charge in [-0.15, -0.1) is 0 Å². The first kappa shape index (κ1) is 19.1. The first-order valence-corrected chi connectivity index (χ1v) is 10.8. The summed E-state index contributed by atoms with van der Waals surface area (Å²) in [5, 5.41) is 11.0. The Labute approximate surface area is 178 Å². The van der Waals surface area contributed by atoms with Gasteiger partial charge in [-0.05, 0) is 37.8 Å². The maximum Gasteiger partial charge on any atom is 0.209 e. The molecule has 0 amide bonds. The number of allylic oxidation sites excluding steroid dienone is 4. The minimum absolute atomic E-state index is 0.00550. The smallest absolute Gasteiger partial charge is 0.209 e. The Bertz CT molecular complexity index is 1140. The molecule has 4 heteroatoms. The highest BCUT2D eigenvalue weighted by Gasteiger charge is 2.48. The van der Waals surface area contributed by atoms with Crippen LogP contribution < -0.4 is 0 Å². The highest BCUT2D eigenvalue weighted by molar-refractivity contribution is 6.23. The van der Waals surface area contributed by atoms with Crippen molar-refractivity contribution in [1.82, 2.24) is 4.90 Å². The van der Waals surface area contributed by atoms with Crippen molar-refractivity contribution in [3.8, 4) is 0 Å². The Hall–Kier alpha value is -2.88. The van der Waals surface area contributed by atoms with Gasteiger partial charge in [0.25, 0.3) is 0 Å². The Morgan fingerprint density at radius 3 is 2.70 bits per heavy atom. The minimum Gasteiger partial charge on any atom is -0.507 e. The summed E-state index contributed by atoms with van der Waals surface area (Å²) in [6, 6.07) is 8.33. The molecule has 30 heavy (non-hydrogen) atoms. The van der Waals surface area contributed by atoms with Crippen molar-refractivity contribution >= 4 is 17.2 Å². The molecule has 0 fully saturated rings. The topological polar surface area (TPSA) is 43.6 Å². The van der Waals surface area contributed by atoms with E-state index in [-0.39, 0.29) is 22.9 Å². The van der Waals surface area contributed by atoms with Crippen molar-refractivity contribution in [2.24, 2.45) is 11.8 Å². The van der Waals surface area contributed by atoms with Crippen LogP contribution in [-0.2, 0) is 10.2 Å². The maximum absolute atomic E-state index is 13.2. The van der Waals surface area contributed by atoms with E-state index >= 15 is 0 Å². The van der Waals surface area contributed by atoms with E-state index in [1.165, 1.54) is 16.8 Å². The van der Waals surface area contributed by atoms with Crippen molar-refractivity contribution in [1.29, 1.82) is 0 Å². The van der Waals surface area contributed by atoms with Crippen LogP contribution in [0.3, 0.4) is 0 Å². The molecule has 2 heterocycles. The van der Waals surface area contributed by atoms with Gasteiger partial charge in [0.1, 0.15) is 12.8 Å². The molecule has 1 aromatic rings. The lowest BCUT2D eigenvalue weighted by Gasteiger charge is -2.29. The van der Waals surface area contributed by atoms with E-state index in [0.29, 0.717) is 17.1 Å². The molecule has 0 spiro atoms. The molecular formula is C26H29N2O2+. The third kappa shape index (κ3) is 2.39. The van der Waals surface area contributed by atoms with Gasteiger partial charge in [0, 0.05) is 42.9 Å². The standard InChI is InChI=1S/C26H28N2O2/c1-15-9-8-12-20-22(15)17(14-27(20)4)23-24(29)16(25(23)30)13-21-26(2,3)18-10-6-7-11-19(18)28(21)5/h6-8,10-13,15,17H,9,14H2,1-5H3/p+1. The summed E-state index contributed by atoms with van der Waals surface area (Å²) in [5.74, 6) is 0.562. The van der Waals surface area contributed by atoms with Gasteiger partial charge < -0.3 is 10.0 Å². The van der Waals surface area contributed by atoms with Gasteiger partial charge in [0.05, 0.1) is 16.6 Å². The quantitative estimate of drug-likeness (QED) is 0.589. The Balaban J connectivity index is 1.55. The number of para-hydroxylation sites is 1. The molecule has 4 aliphatic rings. The van der Waals surface area contributed by atoms with Gasteiger partial charge in [0.2, 0.25) is 5.69 Å². The van der Waals surface area contributed by atoms with Gasteiger partial charge in [-0.1, -0.05) is 31.2 Å². The molecule has 1 N–H and O–H groups in total. The largest absolute Gasteiger partial charge is 0.507 e. The summed E-state index contributed by atoms with van der Waals surface area (Å²) in [6.45, 7) is 7.31. The molecule has 4 nitrogen and oxygen atoms in total. The Morgan fingerprint density at radius 2 is 2.00 bits per heavy atom. The molecular weight excluding hydrogens is 372 g/mol. The first-order chi connectivity index (χ1) is 14.2. The van der Waals surface area contributed by atoms with E-state index < -0.39 is 0 Å². The number of aliphatic hydroxyl groups excluding tert-OH is 1. The molecule has 0 aromatic heterocycles. The summed E-state index contributed by atoms with van der Waals surface area (Å²) in [5.41, 5.74) is 6.76. The molecule has 0 saturated carbocycles. The number of Topliss-reactive ketones (excluding diaryl/α,β-unsaturated/α-hetero) is 1. The zero-order valence-electron chi connectivity index (χ0n) is 18.4. The summed E-state index contributed by atoms with van der Waals surface area (Å²) in [6.07, 6.45) is 7.26. The van der Waals surface area contributed by atoms with Crippen LogP contribution in [0.5, 0.6) is 0 Å². The van der Waals surface area contributed by atoms with Crippen LogP contribution in [0.1, 0.15) is 32.8 Å². The number of hydrogen-bond donors (Lipinski definition) is 1. The Morgan fingerprint density at radius 1 is 1.27 bits per heavy atom. The lowest BCUT2D eigenvalue weighted by atomic mass is 9.72. The number of nitrogens with zero attached hydrogens (tertiary/aromatic N) is 2. The number of aliphatic hydroxyl groups is 1. The number of hydrogen-bond acceptors (Lipinski definition) is 3. The highest BCUT2D eigenvalue weighted by Crippen LogP contribution is 2.47. The van der Waals surface area contributed by atoms with Crippen LogP contribution in [0.4, 0.5) is 5.69 Å². The van der Waals surface area contributed by atoms with E-state index in [1.54, 1.807) is 0 Å². The first-order valence-electron chi connectivity index (χ1n) is 10.8. The van der Waals surface area contributed by atoms with Crippen molar-refractivity contribution in [2.45, 2.75) is 32.6 Å². The van der Waals surface area contributed by atoms with E-state index in [1.807, 2.05) is 19.2 Å². The number of likely N-dealkylation sites (N-methyl/N-ethyl adjacent to an activating group) is 1. The molecule has 0 saturated heterocycles. The van der Waals surface area contributed by atoms with E-state index in [9.17, 15) is 9.90 Å². The number of carbonyl (C=O) groups excluding carboxylic acids is 1. The van der Waals surface area contributed by atoms with Crippen LogP contribution in [0.25, 0.3) is 0 Å². The average molecular weight is 402 g/mol. The summed E-state index contributed by atoms with van der Waals surface area (Å²) in [4.78, 5) is 15.5. The fourth-order valence-corrected chi connectivity index (χ4v) is 5.74. The third-order valence-corrected chi connectivity index (χ3v) is 7.40. The second-order valence-electron chi connectivity index (χ2n) is 9.55. The monoisotopic (exact) mass is 401 g/mol. The second kappa shape index (κ2) is 6.31. The molecule has 0 radical (unpaired) electrons. The van der Waals surface area contributed by atoms with E-state index in [0.717, 1.165) is 24.4 Å². The van der Waals surface area contributed by atoms with Crippen LogP contribution in [-0.4, -0.2) is 46.7 Å². The number of carbonyl (C=O) groups is 1. The van der Waals surface area contributed by atoms with E-state index in [4.69, 9.17) is 0 Å². The van der Waals surface area contributed by atoms with Crippen LogP contribution in [0.2, 0.25) is 0 Å². The fourth-order valence-electron chi connectivity index (χ4n) is 5.74. The predicted molar refractivity (Wildman–Crippen MR) is 119 cm³/mol. The molecule has 2 atom stereocenters. The summed E-state index contributed by atoms with van der Waals surface area (Å²) >= 11 is 0. The highest BCUT2D eigenvalue weighted by atomic mass is 16.3. The van der Waals surface area contributed by atoms with Crippen molar-refractivity contribution in [2.75, 3.05) is 20.6 Å². The zero-order valence-corrected chi connectivity index (χ0v) is 18.4. The fraction of sp³-hybridized carbons (Fsp3) is 0.385. The van der Waals surface area contributed by atoms with Gasteiger partial charge in [0.15, 0.2) is 11.5 Å². The number of fused-ring (bicyclic) bond motifs is 1. The molecule has 2 aliphatic carbocycles. The predicted octanol–water partition coefficient (Wildman–Crippen LogP) is 4.43. The van der Waals surface area contributed by atoms with Crippen LogP contribution in [0.15, 0.2) is 70.7 Å². The minimum atomic E-state index is -0.222. The molecule has 154 valence electrons. The SMILES string of the molecule is CC1CC=CC2=C1C(C1=C(O)C(=CC3=[N+](C)c4ccccc4C3(C)C)C1=O)CN2C. The maximum atomic E-state index is 13.2. The summed E-state index contributed by atoms with van der Waals surface area (Å²) < 4.78 is 2.14. The average Bonchev–Trinajstić information content (AvgIpc) is 3.14. The molecule has 2 aliphatic heterocycles. The van der Waals surface area contributed by atoms with E-state index in [2.05, 4.69) is 67.6 Å². The van der Waals surface area contributed by atoms with Gasteiger partial charge in [-0.2, -0.15) is 4.58 Å². The third-order valence-electron chi connectivity index (χ3n) is 7.40. The number of ketones is 1. The van der Waals surface area contributed by atoms with Gasteiger partial charge >= 0.3 is 0 Å². The van der Waals surface area contributed by atoms with Crippen molar-refractivity contribution < 1.29 is 14.5 Å². The normalized spacial score (nSPS) is 28.5. The lowest BCUT2D eigenvalue weighted by molar-refractivity contribution is -0.401. The van der Waals surface area contributed by atoms with Gasteiger partial charge in [-0.3, -0.25) is 4.79 Å². The molecule has 5 rings (SSSR count). The number of benzene rings is 1. The molecule has 1 aromatic carbocycles.